The van der Waals surface area contributed by atoms with Crippen LogP contribution in [0.25, 0.3) is 0 Å². The van der Waals surface area contributed by atoms with Crippen LogP contribution in [0.4, 0.5) is 0 Å². The Morgan fingerprint density at radius 1 is 1.35 bits per heavy atom. The molecule has 20 heavy (non-hydrogen) atoms. The molecule has 1 fully saturated rings. The zero-order valence-corrected chi connectivity index (χ0v) is 12.8. The normalized spacial score (nSPS) is 24.4. The molecule has 1 saturated carbocycles. The first-order valence-corrected chi connectivity index (χ1v) is 7.71. The number of ether oxygens (including phenoxy) is 1. The Labute approximate surface area is 126 Å². The topological polar surface area (TPSA) is 55.5 Å². The Morgan fingerprint density at radius 3 is 2.55 bits per heavy atom. The fourth-order valence-corrected chi connectivity index (χ4v) is 3.55. The summed E-state index contributed by atoms with van der Waals surface area (Å²) < 4.78 is 5.20. The molecular weight excluding hydrogens is 274 g/mol. The van der Waals surface area contributed by atoms with Gasteiger partial charge in [-0.2, -0.15) is 0 Å². The van der Waals surface area contributed by atoms with Gasteiger partial charge in [-0.3, -0.25) is 0 Å². The first-order valence-electron chi connectivity index (χ1n) is 7.34. The van der Waals surface area contributed by atoms with E-state index in [1.807, 2.05) is 12.1 Å². The van der Waals surface area contributed by atoms with Gasteiger partial charge in [0.1, 0.15) is 5.75 Å². The largest absolute Gasteiger partial charge is 0.495 e. The van der Waals surface area contributed by atoms with Crippen molar-refractivity contribution >= 4 is 11.6 Å². The van der Waals surface area contributed by atoms with E-state index < -0.39 is 0 Å². The van der Waals surface area contributed by atoms with Crippen molar-refractivity contribution in [3.05, 3.63) is 28.8 Å². The number of aliphatic hydroxyl groups is 1. The lowest BCUT2D eigenvalue weighted by Crippen LogP contribution is -2.26. The van der Waals surface area contributed by atoms with E-state index in [9.17, 15) is 5.11 Å². The summed E-state index contributed by atoms with van der Waals surface area (Å²) in [5, 5.41) is 9.87. The lowest BCUT2D eigenvalue weighted by atomic mass is 9.74. The molecule has 1 aliphatic carbocycles. The fourth-order valence-electron chi connectivity index (χ4n) is 3.29. The van der Waals surface area contributed by atoms with Crippen molar-refractivity contribution in [3.8, 4) is 5.75 Å². The molecule has 0 aromatic heterocycles. The quantitative estimate of drug-likeness (QED) is 0.877. The molecule has 1 aliphatic rings. The minimum Gasteiger partial charge on any atom is -0.495 e. The lowest BCUT2D eigenvalue weighted by molar-refractivity contribution is 0.158. The van der Waals surface area contributed by atoms with Gasteiger partial charge in [-0.05, 0) is 67.7 Å². The molecule has 0 heterocycles. The average molecular weight is 298 g/mol. The first kappa shape index (κ1) is 15.6. The molecule has 0 saturated heterocycles. The van der Waals surface area contributed by atoms with Gasteiger partial charge in [0.25, 0.3) is 0 Å². The maximum atomic E-state index is 9.23. The van der Waals surface area contributed by atoms with Crippen LogP contribution in [0, 0.1) is 11.8 Å². The summed E-state index contributed by atoms with van der Waals surface area (Å²) in [6.45, 7) is 0.950. The third-order valence-electron chi connectivity index (χ3n) is 4.58. The van der Waals surface area contributed by atoms with Crippen LogP contribution in [0.3, 0.4) is 0 Å². The molecule has 0 spiro atoms. The van der Waals surface area contributed by atoms with E-state index in [1.54, 1.807) is 7.11 Å². The molecule has 1 unspecified atom stereocenters. The number of methoxy groups -OCH3 is 1. The minimum atomic E-state index is 0.314. The molecule has 112 valence electrons. The monoisotopic (exact) mass is 297 g/mol. The van der Waals surface area contributed by atoms with Gasteiger partial charge >= 0.3 is 0 Å². The highest BCUT2D eigenvalue weighted by Crippen LogP contribution is 2.39. The van der Waals surface area contributed by atoms with E-state index in [2.05, 4.69) is 6.07 Å². The van der Waals surface area contributed by atoms with Crippen molar-refractivity contribution in [2.24, 2.45) is 17.6 Å². The zero-order valence-electron chi connectivity index (χ0n) is 12.0. The highest BCUT2D eigenvalue weighted by molar-refractivity contribution is 6.32. The molecule has 1 aromatic rings. The van der Waals surface area contributed by atoms with Crippen molar-refractivity contribution < 1.29 is 9.84 Å². The molecule has 3 N–H and O–H groups in total. The van der Waals surface area contributed by atoms with Crippen molar-refractivity contribution in [1.82, 2.24) is 0 Å². The molecule has 3 nitrogen and oxygen atoms in total. The third-order valence-corrected chi connectivity index (χ3v) is 4.87. The van der Waals surface area contributed by atoms with Crippen molar-refractivity contribution in [1.29, 1.82) is 0 Å². The van der Waals surface area contributed by atoms with Crippen molar-refractivity contribution in [3.63, 3.8) is 0 Å². The third kappa shape index (κ3) is 3.46. The summed E-state index contributed by atoms with van der Waals surface area (Å²) in [6, 6.07) is 5.97. The number of aliphatic hydroxyl groups excluding tert-OH is 1. The molecule has 0 bridgehead atoms. The number of benzene rings is 1. The second kappa shape index (κ2) is 7.30. The molecule has 2 rings (SSSR count). The van der Waals surface area contributed by atoms with Gasteiger partial charge < -0.3 is 15.6 Å². The Balaban J connectivity index is 2.10. The van der Waals surface area contributed by atoms with E-state index in [1.165, 1.54) is 5.56 Å². The van der Waals surface area contributed by atoms with E-state index in [0.29, 0.717) is 41.7 Å². The summed E-state index contributed by atoms with van der Waals surface area (Å²) in [6.07, 6.45) is 4.47. The maximum Gasteiger partial charge on any atom is 0.137 e. The standard InChI is InChI=1S/C16H24ClNO2/c1-20-16-7-6-13(8-15(16)17)14(9-18)12-4-2-11(10-19)3-5-12/h6-8,11-12,14,19H,2-5,9-10,18H2,1H3. The van der Waals surface area contributed by atoms with E-state index >= 15 is 0 Å². The lowest BCUT2D eigenvalue weighted by Gasteiger charge is -2.33. The average Bonchev–Trinajstić information content (AvgIpc) is 2.49. The van der Waals surface area contributed by atoms with Gasteiger partial charge in [-0.15, -0.1) is 0 Å². The van der Waals surface area contributed by atoms with Crippen LogP contribution in [0.2, 0.25) is 5.02 Å². The Hall–Kier alpha value is -0.770. The Kier molecular flexibility index (Phi) is 5.70. The Morgan fingerprint density at radius 2 is 2.05 bits per heavy atom. The van der Waals surface area contributed by atoms with Crippen LogP contribution in [0.5, 0.6) is 5.75 Å². The SMILES string of the molecule is COc1ccc(C(CN)C2CCC(CO)CC2)cc1Cl. The van der Waals surface area contributed by atoms with Crippen LogP contribution in [0.15, 0.2) is 18.2 Å². The zero-order chi connectivity index (χ0) is 14.5. The molecule has 0 amide bonds. The fraction of sp³-hybridized carbons (Fsp3) is 0.625. The van der Waals surface area contributed by atoms with Gasteiger partial charge in [-0.25, -0.2) is 0 Å². The van der Waals surface area contributed by atoms with E-state index in [4.69, 9.17) is 22.1 Å². The molecule has 1 atom stereocenters. The summed E-state index contributed by atoms with van der Waals surface area (Å²) in [5.41, 5.74) is 7.20. The minimum absolute atomic E-state index is 0.314. The molecule has 0 aliphatic heterocycles. The number of rotatable bonds is 5. The van der Waals surface area contributed by atoms with Crippen LogP contribution in [-0.4, -0.2) is 25.4 Å². The summed E-state index contributed by atoms with van der Waals surface area (Å²) in [7, 11) is 1.62. The molecule has 4 heteroatoms. The molecule has 0 radical (unpaired) electrons. The predicted molar refractivity (Wildman–Crippen MR) is 82.3 cm³/mol. The van der Waals surface area contributed by atoms with Crippen molar-refractivity contribution in [2.45, 2.75) is 31.6 Å². The second-order valence-electron chi connectivity index (χ2n) is 5.70. The van der Waals surface area contributed by atoms with Crippen LogP contribution in [0.1, 0.15) is 37.2 Å². The summed E-state index contributed by atoms with van der Waals surface area (Å²) >= 11 is 6.22. The van der Waals surface area contributed by atoms with Gasteiger partial charge in [0.15, 0.2) is 0 Å². The summed E-state index contributed by atoms with van der Waals surface area (Å²) in [4.78, 5) is 0. The van der Waals surface area contributed by atoms with Gasteiger partial charge in [0, 0.05) is 6.61 Å². The smallest absolute Gasteiger partial charge is 0.137 e. The van der Waals surface area contributed by atoms with E-state index in [-0.39, 0.29) is 0 Å². The molecule has 1 aromatic carbocycles. The van der Waals surface area contributed by atoms with Crippen LogP contribution >= 0.6 is 11.6 Å². The van der Waals surface area contributed by atoms with Crippen LogP contribution in [-0.2, 0) is 0 Å². The molecular formula is C16H24ClNO2. The maximum absolute atomic E-state index is 9.23. The summed E-state index contributed by atoms with van der Waals surface area (Å²) in [5.74, 6) is 2.12. The van der Waals surface area contributed by atoms with Gasteiger partial charge in [0.2, 0.25) is 0 Å². The predicted octanol–water partition coefficient (Wildman–Crippen LogP) is 3.19. The Bertz CT molecular complexity index is 430. The van der Waals surface area contributed by atoms with Crippen LogP contribution < -0.4 is 10.5 Å². The number of hydrogen-bond acceptors (Lipinski definition) is 3. The van der Waals surface area contributed by atoms with Crippen molar-refractivity contribution in [2.75, 3.05) is 20.3 Å². The highest BCUT2D eigenvalue weighted by Gasteiger charge is 2.27. The second-order valence-corrected chi connectivity index (χ2v) is 6.11. The number of nitrogens with two attached hydrogens (primary N) is 1. The number of halogens is 1. The number of hydrogen-bond donors (Lipinski definition) is 2. The van der Waals surface area contributed by atoms with Gasteiger partial charge in [0.05, 0.1) is 12.1 Å². The highest BCUT2D eigenvalue weighted by atomic mass is 35.5. The van der Waals surface area contributed by atoms with E-state index in [0.717, 1.165) is 25.7 Å². The van der Waals surface area contributed by atoms with Gasteiger partial charge in [-0.1, -0.05) is 17.7 Å². The first-order chi connectivity index (χ1) is 9.69.